The quantitative estimate of drug-likeness (QED) is 0.859. The summed E-state index contributed by atoms with van der Waals surface area (Å²) in [7, 11) is 0. The van der Waals surface area contributed by atoms with E-state index in [1.54, 1.807) is 6.07 Å². The molecule has 1 aliphatic rings. The van der Waals surface area contributed by atoms with E-state index >= 15 is 0 Å². The first-order valence-electron chi connectivity index (χ1n) is 7.02. The van der Waals surface area contributed by atoms with E-state index in [9.17, 15) is 4.39 Å². The van der Waals surface area contributed by atoms with Crippen molar-refractivity contribution in [1.82, 2.24) is 14.5 Å². The maximum absolute atomic E-state index is 13.3. The molecule has 0 bridgehead atoms. The number of imidazole rings is 1. The van der Waals surface area contributed by atoms with Gasteiger partial charge in [0.05, 0.1) is 30.1 Å². The summed E-state index contributed by atoms with van der Waals surface area (Å²) in [5.74, 6) is 0.665. The number of likely N-dealkylation sites (tertiary alicyclic amines) is 1. The van der Waals surface area contributed by atoms with Gasteiger partial charge in [-0.1, -0.05) is 0 Å². The van der Waals surface area contributed by atoms with Gasteiger partial charge in [0, 0.05) is 12.6 Å². The van der Waals surface area contributed by atoms with Crippen LogP contribution < -0.4 is 0 Å². The Balaban J connectivity index is 1.97. The SMILES string of the molecule is N#CCCn1c(CN2CCCC2)nc2cc(F)ccc21. The van der Waals surface area contributed by atoms with E-state index in [-0.39, 0.29) is 5.82 Å². The lowest BCUT2D eigenvalue weighted by molar-refractivity contribution is 0.317. The smallest absolute Gasteiger partial charge is 0.125 e. The first-order chi connectivity index (χ1) is 9.78. The molecule has 0 spiro atoms. The molecular weight excluding hydrogens is 255 g/mol. The second kappa shape index (κ2) is 5.59. The third-order valence-electron chi connectivity index (χ3n) is 3.80. The molecule has 4 nitrogen and oxygen atoms in total. The minimum atomic E-state index is -0.268. The Hall–Kier alpha value is -1.93. The van der Waals surface area contributed by atoms with Gasteiger partial charge in [-0.15, -0.1) is 0 Å². The number of nitriles is 1. The molecule has 0 saturated carbocycles. The summed E-state index contributed by atoms with van der Waals surface area (Å²) in [4.78, 5) is 6.92. The van der Waals surface area contributed by atoms with E-state index in [1.807, 2.05) is 0 Å². The van der Waals surface area contributed by atoms with Crippen molar-refractivity contribution in [3.63, 3.8) is 0 Å². The first kappa shape index (κ1) is 13.1. The highest BCUT2D eigenvalue weighted by Crippen LogP contribution is 2.20. The molecule has 104 valence electrons. The second-order valence-electron chi connectivity index (χ2n) is 5.20. The number of halogens is 1. The van der Waals surface area contributed by atoms with E-state index in [0.29, 0.717) is 18.5 Å². The molecule has 1 aromatic carbocycles. The number of benzene rings is 1. The summed E-state index contributed by atoms with van der Waals surface area (Å²) >= 11 is 0. The average molecular weight is 272 g/mol. The first-order valence-corrected chi connectivity index (χ1v) is 7.02. The molecule has 0 N–H and O–H groups in total. The number of aromatic nitrogens is 2. The van der Waals surface area contributed by atoms with E-state index in [2.05, 4.69) is 20.5 Å². The fourth-order valence-corrected chi connectivity index (χ4v) is 2.83. The topological polar surface area (TPSA) is 44.9 Å². The zero-order chi connectivity index (χ0) is 13.9. The predicted molar refractivity (Wildman–Crippen MR) is 74.4 cm³/mol. The Kier molecular flexibility index (Phi) is 3.66. The monoisotopic (exact) mass is 272 g/mol. The fourth-order valence-electron chi connectivity index (χ4n) is 2.83. The molecule has 0 radical (unpaired) electrons. The summed E-state index contributed by atoms with van der Waals surface area (Å²) < 4.78 is 15.4. The number of hydrogen-bond donors (Lipinski definition) is 0. The molecule has 1 aromatic heterocycles. The van der Waals surface area contributed by atoms with Crippen molar-refractivity contribution in [2.24, 2.45) is 0 Å². The van der Waals surface area contributed by atoms with Gasteiger partial charge in [0.1, 0.15) is 11.6 Å². The Morgan fingerprint density at radius 2 is 2.10 bits per heavy atom. The van der Waals surface area contributed by atoms with Crippen molar-refractivity contribution in [3.05, 3.63) is 29.8 Å². The summed E-state index contributed by atoms with van der Waals surface area (Å²) in [6, 6.07) is 6.83. The molecular formula is C15H17FN4. The average Bonchev–Trinajstić information content (AvgIpc) is 3.04. The van der Waals surface area contributed by atoms with E-state index < -0.39 is 0 Å². The molecule has 0 amide bonds. The lowest BCUT2D eigenvalue weighted by Gasteiger charge is -2.15. The van der Waals surface area contributed by atoms with Gasteiger partial charge in [-0.3, -0.25) is 4.90 Å². The van der Waals surface area contributed by atoms with Gasteiger partial charge in [0.2, 0.25) is 0 Å². The lowest BCUT2D eigenvalue weighted by atomic mass is 10.3. The molecule has 0 unspecified atom stereocenters. The maximum Gasteiger partial charge on any atom is 0.125 e. The van der Waals surface area contributed by atoms with Gasteiger partial charge >= 0.3 is 0 Å². The van der Waals surface area contributed by atoms with Crippen LogP contribution in [0.4, 0.5) is 4.39 Å². The van der Waals surface area contributed by atoms with Gasteiger partial charge in [-0.05, 0) is 38.1 Å². The predicted octanol–water partition coefficient (Wildman–Crippen LogP) is 2.68. The molecule has 20 heavy (non-hydrogen) atoms. The molecule has 5 heteroatoms. The van der Waals surface area contributed by atoms with Crippen LogP contribution in [0, 0.1) is 17.1 Å². The van der Waals surface area contributed by atoms with Crippen LogP contribution in [0.25, 0.3) is 11.0 Å². The van der Waals surface area contributed by atoms with Crippen LogP contribution in [-0.4, -0.2) is 27.5 Å². The summed E-state index contributed by atoms with van der Waals surface area (Å²) in [5.41, 5.74) is 1.59. The third-order valence-corrected chi connectivity index (χ3v) is 3.80. The van der Waals surface area contributed by atoms with Crippen molar-refractivity contribution in [1.29, 1.82) is 5.26 Å². The Bertz CT molecular complexity index is 650. The van der Waals surface area contributed by atoms with Crippen molar-refractivity contribution >= 4 is 11.0 Å². The Labute approximate surface area is 117 Å². The molecule has 3 rings (SSSR count). The van der Waals surface area contributed by atoms with Crippen molar-refractivity contribution < 1.29 is 4.39 Å². The number of aryl methyl sites for hydroxylation is 1. The van der Waals surface area contributed by atoms with Crippen LogP contribution in [0.1, 0.15) is 25.1 Å². The van der Waals surface area contributed by atoms with Crippen LogP contribution in [0.15, 0.2) is 18.2 Å². The third kappa shape index (κ3) is 2.52. The standard InChI is InChI=1S/C15H17FN4/c16-12-4-5-14-13(10-12)18-15(20(14)9-3-6-17)11-19-7-1-2-8-19/h4-5,10H,1-3,7-9,11H2. The molecule has 1 saturated heterocycles. The van der Waals surface area contributed by atoms with Gasteiger partial charge < -0.3 is 4.57 Å². The van der Waals surface area contributed by atoms with Gasteiger partial charge in [0.25, 0.3) is 0 Å². The minimum Gasteiger partial charge on any atom is -0.326 e. The van der Waals surface area contributed by atoms with Crippen molar-refractivity contribution in [3.8, 4) is 6.07 Å². The van der Waals surface area contributed by atoms with Gasteiger partial charge in [-0.2, -0.15) is 5.26 Å². The fraction of sp³-hybridized carbons (Fsp3) is 0.467. The van der Waals surface area contributed by atoms with Gasteiger partial charge in [-0.25, -0.2) is 9.37 Å². The minimum absolute atomic E-state index is 0.268. The second-order valence-corrected chi connectivity index (χ2v) is 5.20. The zero-order valence-corrected chi connectivity index (χ0v) is 11.3. The van der Waals surface area contributed by atoms with Crippen LogP contribution in [0.2, 0.25) is 0 Å². The summed E-state index contributed by atoms with van der Waals surface area (Å²) in [6.07, 6.45) is 2.90. The molecule has 0 aliphatic carbocycles. The Morgan fingerprint density at radius 1 is 1.30 bits per heavy atom. The van der Waals surface area contributed by atoms with Crippen LogP contribution in [-0.2, 0) is 13.1 Å². The number of nitrogens with zero attached hydrogens (tertiary/aromatic N) is 4. The number of rotatable bonds is 4. The summed E-state index contributed by atoms with van der Waals surface area (Å²) in [5, 5.41) is 8.80. The Morgan fingerprint density at radius 3 is 2.85 bits per heavy atom. The van der Waals surface area contributed by atoms with E-state index in [1.165, 1.54) is 25.0 Å². The largest absolute Gasteiger partial charge is 0.326 e. The molecule has 2 heterocycles. The summed E-state index contributed by atoms with van der Waals surface area (Å²) in [6.45, 7) is 3.58. The van der Waals surface area contributed by atoms with Gasteiger partial charge in [0.15, 0.2) is 0 Å². The number of fused-ring (bicyclic) bond motifs is 1. The van der Waals surface area contributed by atoms with Crippen molar-refractivity contribution in [2.75, 3.05) is 13.1 Å². The molecule has 0 atom stereocenters. The highest BCUT2D eigenvalue weighted by Gasteiger charge is 2.17. The van der Waals surface area contributed by atoms with Crippen LogP contribution in [0.5, 0.6) is 0 Å². The van der Waals surface area contributed by atoms with Crippen molar-refractivity contribution in [2.45, 2.75) is 32.4 Å². The zero-order valence-electron chi connectivity index (χ0n) is 11.3. The number of hydrogen-bond acceptors (Lipinski definition) is 3. The molecule has 2 aromatic rings. The van der Waals surface area contributed by atoms with Crippen LogP contribution in [0.3, 0.4) is 0 Å². The van der Waals surface area contributed by atoms with Crippen LogP contribution >= 0.6 is 0 Å². The van der Waals surface area contributed by atoms with E-state index in [0.717, 1.165) is 31.0 Å². The highest BCUT2D eigenvalue weighted by molar-refractivity contribution is 5.76. The van der Waals surface area contributed by atoms with E-state index in [4.69, 9.17) is 5.26 Å². The maximum atomic E-state index is 13.3. The molecule has 1 fully saturated rings. The lowest BCUT2D eigenvalue weighted by Crippen LogP contribution is -2.21. The molecule has 1 aliphatic heterocycles. The normalized spacial score (nSPS) is 15.8. The highest BCUT2D eigenvalue weighted by atomic mass is 19.1.